The number of ether oxygens (including phenoxy) is 2. The minimum absolute atomic E-state index is 0.362. The summed E-state index contributed by atoms with van der Waals surface area (Å²) in [5, 5.41) is 1.81. The standard InChI is InChI=1S/C14H8Br2O4S2/c1-19-13(17)7-3-5-9(15)12-6(10(16)11(5)21-7)4-8(22-12)14(18)20-2/h3-4H,1-2H3. The lowest BCUT2D eigenvalue weighted by Crippen LogP contribution is -1.96. The van der Waals surface area contributed by atoms with Crippen molar-refractivity contribution in [2.45, 2.75) is 0 Å². The molecule has 0 bridgehead atoms. The van der Waals surface area contributed by atoms with Crippen LogP contribution in [0.15, 0.2) is 21.1 Å². The number of fused-ring (bicyclic) bond motifs is 2. The Morgan fingerprint density at radius 3 is 1.55 bits per heavy atom. The van der Waals surface area contributed by atoms with Crippen LogP contribution in [0.2, 0.25) is 0 Å². The molecule has 8 heteroatoms. The normalized spacial score (nSPS) is 11.1. The van der Waals surface area contributed by atoms with Crippen molar-refractivity contribution in [3.05, 3.63) is 30.8 Å². The number of hydrogen-bond donors (Lipinski definition) is 0. The number of methoxy groups -OCH3 is 2. The maximum atomic E-state index is 11.7. The molecular formula is C14H8Br2O4S2. The van der Waals surface area contributed by atoms with Crippen LogP contribution in [0.1, 0.15) is 19.3 Å². The van der Waals surface area contributed by atoms with Gasteiger partial charge in [0.1, 0.15) is 9.75 Å². The van der Waals surface area contributed by atoms with Crippen molar-refractivity contribution in [2.75, 3.05) is 14.2 Å². The number of carbonyl (C=O) groups is 2. The molecule has 0 saturated carbocycles. The van der Waals surface area contributed by atoms with Crippen LogP contribution >= 0.6 is 54.5 Å². The van der Waals surface area contributed by atoms with Gasteiger partial charge in [0.25, 0.3) is 0 Å². The van der Waals surface area contributed by atoms with E-state index in [1.54, 1.807) is 12.1 Å². The van der Waals surface area contributed by atoms with Crippen LogP contribution in [0.4, 0.5) is 0 Å². The highest BCUT2D eigenvalue weighted by Gasteiger charge is 2.21. The van der Waals surface area contributed by atoms with Crippen molar-refractivity contribution in [1.29, 1.82) is 0 Å². The molecule has 2 aromatic heterocycles. The topological polar surface area (TPSA) is 52.6 Å². The van der Waals surface area contributed by atoms with Crippen LogP contribution in [0.5, 0.6) is 0 Å². The van der Waals surface area contributed by atoms with Gasteiger partial charge in [0.05, 0.1) is 23.6 Å². The molecule has 3 aromatic rings. The Bertz CT molecular complexity index is 797. The maximum absolute atomic E-state index is 11.7. The van der Waals surface area contributed by atoms with Crippen molar-refractivity contribution in [3.63, 3.8) is 0 Å². The Morgan fingerprint density at radius 2 is 1.23 bits per heavy atom. The minimum Gasteiger partial charge on any atom is -0.465 e. The predicted octanol–water partition coefficient (Wildman–Crippen LogP) is 5.21. The fraction of sp³-hybridized carbons (Fsp3) is 0.143. The molecule has 22 heavy (non-hydrogen) atoms. The highest BCUT2D eigenvalue weighted by Crippen LogP contribution is 2.46. The molecule has 0 N–H and O–H groups in total. The van der Waals surface area contributed by atoms with E-state index in [0.717, 1.165) is 29.1 Å². The average molecular weight is 464 g/mol. The van der Waals surface area contributed by atoms with Gasteiger partial charge in [-0.1, -0.05) is 0 Å². The predicted molar refractivity (Wildman–Crippen MR) is 95.3 cm³/mol. The summed E-state index contributed by atoms with van der Waals surface area (Å²) in [7, 11) is 2.72. The van der Waals surface area contributed by atoms with E-state index < -0.39 is 0 Å². The van der Waals surface area contributed by atoms with Gasteiger partial charge in [-0.15, -0.1) is 22.7 Å². The lowest BCUT2D eigenvalue weighted by atomic mass is 10.2. The number of thiophene rings is 2. The van der Waals surface area contributed by atoms with Crippen molar-refractivity contribution < 1.29 is 19.1 Å². The third-order valence-electron chi connectivity index (χ3n) is 3.11. The van der Waals surface area contributed by atoms with E-state index in [2.05, 4.69) is 31.9 Å². The molecule has 3 rings (SSSR count). The molecular weight excluding hydrogens is 456 g/mol. The fourth-order valence-electron chi connectivity index (χ4n) is 2.08. The van der Waals surface area contributed by atoms with Crippen LogP contribution in [0.25, 0.3) is 20.2 Å². The molecule has 1 aromatic carbocycles. The molecule has 0 saturated heterocycles. The fourth-order valence-corrected chi connectivity index (χ4v) is 5.95. The summed E-state index contributed by atoms with van der Waals surface area (Å²) in [4.78, 5) is 24.5. The Hall–Kier alpha value is -0.960. The third kappa shape index (κ3) is 2.38. The molecule has 0 aliphatic carbocycles. The third-order valence-corrected chi connectivity index (χ3v) is 7.55. The van der Waals surface area contributed by atoms with Gasteiger partial charge >= 0.3 is 11.9 Å². The Morgan fingerprint density at radius 1 is 0.864 bits per heavy atom. The van der Waals surface area contributed by atoms with Gasteiger partial charge in [-0.25, -0.2) is 9.59 Å². The summed E-state index contributed by atoms with van der Waals surface area (Å²) in [5.74, 6) is -0.725. The number of carbonyl (C=O) groups excluding carboxylic acids is 2. The SMILES string of the molecule is COC(=O)c1cc2c(Br)c3sc(C(=O)OC)cc3c(Br)c2s1. The molecule has 0 aliphatic heterocycles. The quantitative estimate of drug-likeness (QED) is 0.489. The Kier molecular flexibility index (Phi) is 4.28. The minimum atomic E-state index is -0.362. The van der Waals surface area contributed by atoms with E-state index in [0.29, 0.717) is 9.75 Å². The van der Waals surface area contributed by atoms with Crippen LogP contribution in [0, 0.1) is 0 Å². The molecule has 0 radical (unpaired) electrons. The first-order chi connectivity index (χ1) is 10.5. The van der Waals surface area contributed by atoms with E-state index >= 15 is 0 Å². The first kappa shape index (κ1) is 15.9. The number of esters is 2. The zero-order chi connectivity index (χ0) is 16.0. The molecule has 0 fully saturated rings. The smallest absolute Gasteiger partial charge is 0.348 e. The summed E-state index contributed by atoms with van der Waals surface area (Å²) in [5.41, 5.74) is 0. The Balaban J connectivity index is 2.33. The summed E-state index contributed by atoms with van der Waals surface area (Å²) >= 11 is 9.85. The molecule has 2 heterocycles. The summed E-state index contributed by atoms with van der Waals surface area (Å²) in [6.45, 7) is 0. The molecule has 114 valence electrons. The monoisotopic (exact) mass is 462 g/mol. The summed E-state index contributed by atoms with van der Waals surface area (Å²) < 4.78 is 13.1. The molecule has 0 unspecified atom stereocenters. The lowest BCUT2D eigenvalue weighted by molar-refractivity contribution is 0.0597. The number of benzene rings is 1. The van der Waals surface area contributed by atoms with Gasteiger partial charge in [0, 0.05) is 19.7 Å². The molecule has 0 amide bonds. The largest absolute Gasteiger partial charge is 0.465 e. The van der Waals surface area contributed by atoms with Crippen molar-refractivity contribution in [3.8, 4) is 0 Å². The highest BCUT2D eigenvalue weighted by atomic mass is 79.9. The van der Waals surface area contributed by atoms with Crippen LogP contribution < -0.4 is 0 Å². The van der Waals surface area contributed by atoms with Crippen LogP contribution in [-0.2, 0) is 9.47 Å². The van der Waals surface area contributed by atoms with Gasteiger partial charge in [-0.2, -0.15) is 0 Å². The van der Waals surface area contributed by atoms with Crippen LogP contribution in [0.3, 0.4) is 0 Å². The molecule has 0 spiro atoms. The van der Waals surface area contributed by atoms with E-state index in [1.165, 1.54) is 36.9 Å². The van der Waals surface area contributed by atoms with Gasteiger partial charge in [-0.3, -0.25) is 0 Å². The van der Waals surface area contributed by atoms with E-state index in [1.807, 2.05) is 0 Å². The van der Waals surface area contributed by atoms with Gasteiger partial charge in [0.15, 0.2) is 0 Å². The summed E-state index contributed by atoms with van der Waals surface area (Å²) in [6, 6.07) is 3.58. The van der Waals surface area contributed by atoms with Gasteiger partial charge < -0.3 is 9.47 Å². The summed E-state index contributed by atoms with van der Waals surface area (Å²) in [6.07, 6.45) is 0. The van der Waals surface area contributed by atoms with E-state index in [9.17, 15) is 9.59 Å². The number of rotatable bonds is 2. The number of hydrogen-bond acceptors (Lipinski definition) is 6. The molecule has 0 aliphatic rings. The second-order valence-corrected chi connectivity index (χ2v) is 8.01. The van der Waals surface area contributed by atoms with Crippen molar-refractivity contribution >= 4 is 86.6 Å². The van der Waals surface area contributed by atoms with Gasteiger partial charge in [-0.05, 0) is 44.0 Å². The zero-order valence-corrected chi connectivity index (χ0v) is 16.2. The van der Waals surface area contributed by atoms with Crippen molar-refractivity contribution in [2.24, 2.45) is 0 Å². The lowest BCUT2D eigenvalue weighted by Gasteiger charge is -2.00. The molecule has 0 atom stereocenters. The second kappa shape index (κ2) is 5.92. The zero-order valence-electron chi connectivity index (χ0n) is 11.4. The maximum Gasteiger partial charge on any atom is 0.348 e. The second-order valence-electron chi connectivity index (χ2n) is 4.32. The first-order valence-electron chi connectivity index (χ1n) is 5.98. The van der Waals surface area contributed by atoms with Crippen LogP contribution in [-0.4, -0.2) is 26.2 Å². The van der Waals surface area contributed by atoms with Gasteiger partial charge in [0.2, 0.25) is 0 Å². The Labute approximate surface area is 150 Å². The number of halogens is 2. The van der Waals surface area contributed by atoms with Crippen molar-refractivity contribution in [1.82, 2.24) is 0 Å². The molecule has 4 nitrogen and oxygen atoms in total. The van der Waals surface area contributed by atoms with E-state index in [4.69, 9.17) is 9.47 Å². The average Bonchev–Trinajstić information content (AvgIpc) is 3.16. The highest BCUT2D eigenvalue weighted by molar-refractivity contribution is 9.11. The first-order valence-corrected chi connectivity index (χ1v) is 9.20. The van der Waals surface area contributed by atoms with E-state index in [-0.39, 0.29) is 11.9 Å².